The molecule has 0 amide bonds. The lowest BCUT2D eigenvalue weighted by atomic mass is 9.35. The van der Waals surface area contributed by atoms with E-state index in [-0.39, 0.29) is 33.8 Å². The molecule has 8 aromatic carbocycles. The second-order valence-electron chi connectivity index (χ2n) is 26.4. The number of para-hydroxylation sites is 2. The molecular weight excluding hydrogens is 938 g/mol. The first-order valence-electron chi connectivity index (χ1n) is 28.0. The van der Waals surface area contributed by atoms with Gasteiger partial charge in [-0.3, -0.25) is 0 Å². The summed E-state index contributed by atoms with van der Waals surface area (Å²) >= 11 is 2.00. The van der Waals surface area contributed by atoms with Gasteiger partial charge in [-0.1, -0.05) is 173 Å². The predicted molar refractivity (Wildman–Crippen MR) is 330 cm³/mol. The maximum Gasteiger partial charge on any atom is 0.264 e. The van der Waals surface area contributed by atoms with E-state index in [4.69, 9.17) is 0 Å². The molecule has 3 heterocycles. The van der Waals surface area contributed by atoms with Crippen molar-refractivity contribution in [3.05, 3.63) is 203 Å². The predicted octanol–water partition coefficient (Wildman–Crippen LogP) is 18.4. The highest BCUT2D eigenvalue weighted by Gasteiger charge is 2.49. The fourth-order valence-corrected chi connectivity index (χ4v) is 15.0. The first-order valence-corrected chi connectivity index (χ1v) is 28.8. The summed E-state index contributed by atoms with van der Waals surface area (Å²) < 4.78 is 2.73. The van der Waals surface area contributed by atoms with Gasteiger partial charge in [0.1, 0.15) is 0 Å². The standard InChI is InChI=1S/C71H72BN3S/c1-45-28-33-63-53(38-45)65-66(76-63)72-58-43-56-57(71(11,12)37-36-70(56,9)10)44-60(58)74(50-30-31-54-55(40-50)69(7,8)35-34-68(54,5)6)61-41-51(73(48-24-18-14-19-25-48)49-26-20-15-21-27-49)42-62(64(61)72)75(65)59-32-29-47(67(2,3)4)39-52(59)46-22-16-13-17-23-46/h13-33,38-44H,34-37H2,1-12H3. The molecule has 13 rings (SSSR count). The summed E-state index contributed by atoms with van der Waals surface area (Å²) in [6.45, 7) is 29.1. The van der Waals surface area contributed by atoms with Crippen LogP contribution in [0.1, 0.15) is 135 Å². The number of benzene rings is 8. The molecule has 5 heteroatoms. The summed E-state index contributed by atoms with van der Waals surface area (Å²) in [7, 11) is 0. The number of anilines is 9. The van der Waals surface area contributed by atoms with Crippen molar-refractivity contribution >= 4 is 95.0 Å². The number of hydrogen-bond acceptors (Lipinski definition) is 4. The van der Waals surface area contributed by atoms with Crippen LogP contribution >= 0.6 is 11.3 Å². The summed E-state index contributed by atoms with van der Waals surface area (Å²) in [4.78, 5) is 7.92. The minimum atomic E-state index is -0.0539. The molecule has 0 radical (unpaired) electrons. The van der Waals surface area contributed by atoms with E-state index in [0.717, 1.165) is 36.3 Å². The Labute approximate surface area is 457 Å². The summed E-state index contributed by atoms with van der Waals surface area (Å²) in [5.41, 5.74) is 24.7. The van der Waals surface area contributed by atoms with E-state index in [0.29, 0.717) is 0 Å². The zero-order chi connectivity index (χ0) is 52.8. The average molecular weight is 1010 g/mol. The fourth-order valence-electron chi connectivity index (χ4n) is 13.7. The van der Waals surface area contributed by atoms with Crippen molar-refractivity contribution in [2.24, 2.45) is 0 Å². The van der Waals surface area contributed by atoms with Crippen molar-refractivity contribution in [3.8, 4) is 11.1 Å². The molecule has 2 aliphatic heterocycles. The first-order chi connectivity index (χ1) is 36.2. The number of fused-ring (bicyclic) bond motifs is 8. The molecule has 380 valence electrons. The molecule has 0 N–H and O–H groups in total. The molecule has 0 atom stereocenters. The maximum absolute atomic E-state index is 2.72. The third-order valence-electron chi connectivity index (χ3n) is 18.3. The fraction of sp³-hybridized carbons (Fsp3) is 0.296. The minimum Gasteiger partial charge on any atom is -0.311 e. The number of hydrogen-bond donors (Lipinski definition) is 0. The Hall–Kier alpha value is -6.82. The lowest BCUT2D eigenvalue weighted by Gasteiger charge is -2.48. The molecule has 9 aromatic rings. The Balaban J connectivity index is 1.22. The van der Waals surface area contributed by atoms with E-state index in [1.807, 2.05) is 11.3 Å². The number of thiophene rings is 1. The second kappa shape index (κ2) is 17.1. The average Bonchev–Trinajstić information content (AvgIpc) is 3.94. The normalized spacial score (nSPS) is 17.3. The molecule has 3 nitrogen and oxygen atoms in total. The molecule has 0 spiro atoms. The molecule has 0 fully saturated rings. The third-order valence-corrected chi connectivity index (χ3v) is 19.6. The van der Waals surface area contributed by atoms with Crippen molar-refractivity contribution < 1.29 is 0 Å². The quantitative estimate of drug-likeness (QED) is 0.154. The van der Waals surface area contributed by atoms with E-state index in [9.17, 15) is 0 Å². The van der Waals surface area contributed by atoms with Crippen LogP contribution in [0.4, 0.5) is 51.2 Å². The molecule has 0 bridgehead atoms. The minimum absolute atomic E-state index is 0.00877. The van der Waals surface area contributed by atoms with Gasteiger partial charge in [0.2, 0.25) is 0 Å². The van der Waals surface area contributed by atoms with Gasteiger partial charge in [-0.05, 0) is 183 Å². The number of nitrogens with zero attached hydrogens (tertiary/aromatic N) is 3. The molecule has 2 aliphatic carbocycles. The smallest absolute Gasteiger partial charge is 0.264 e. The van der Waals surface area contributed by atoms with Crippen molar-refractivity contribution in [2.75, 3.05) is 14.7 Å². The Bertz CT molecular complexity index is 3740. The first kappa shape index (κ1) is 48.8. The molecule has 0 saturated heterocycles. The van der Waals surface area contributed by atoms with Crippen molar-refractivity contribution in [1.82, 2.24) is 0 Å². The largest absolute Gasteiger partial charge is 0.311 e. The van der Waals surface area contributed by atoms with Gasteiger partial charge in [-0.25, -0.2) is 0 Å². The van der Waals surface area contributed by atoms with E-state index in [2.05, 4.69) is 268 Å². The zero-order valence-corrected chi connectivity index (χ0v) is 47.6. The highest BCUT2D eigenvalue weighted by molar-refractivity contribution is 7.33. The molecular formula is C71H72BN3S. The Morgan fingerprint density at radius 3 is 1.64 bits per heavy atom. The number of aryl methyl sites for hydroxylation is 1. The van der Waals surface area contributed by atoms with Gasteiger partial charge < -0.3 is 14.7 Å². The van der Waals surface area contributed by atoms with Gasteiger partial charge in [0.15, 0.2) is 0 Å². The van der Waals surface area contributed by atoms with Crippen LogP contribution in [0, 0.1) is 6.92 Å². The number of rotatable bonds is 6. The van der Waals surface area contributed by atoms with E-state index in [1.165, 1.54) is 111 Å². The molecule has 0 saturated carbocycles. The third kappa shape index (κ3) is 7.65. The van der Waals surface area contributed by atoms with Crippen molar-refractivity contribution in [3.63, 3.8) is 0 Å². The summed E-state index contributed by atoms with van der Waals surface area (Å²) in [5, 5.41) is 1.31. The van der Waals surface area contributed by atoms with Crippen LogP contribution in [0.15, 0.2) is 170 Å². The van der Waals surface area contributed by atoms with E-state index >= 15 is 0 Å². The Morgan fingerprint density at radius 1 is 0.487 bits per heavy atom. The van der Waals surface area contributed by atoms with Gasteiger partial charge in [0.05, 0.1) is 17.1 Å². The van der Waals surface area contributed by atoms with Gasteiger partial charge in [0.25, 0.3) is 6.71 Å². The van der Waals surface area contributed by atoms with Crippen molar-refractivity contribution in [2.45, 2.75) is 136 Å². The van der Waals surface area contributed by atoms with Crippen LogP contribution in [0.2, 0.25) is 0 Å². The van der Waals surface area contributed by atoms with Gasteiger partial charge in [-0.2, -0.15) is 0 Å². The highest BCUT2D eigenvalue weighted by atomic mass is 32.1. The van der Waals surface area contributed by atoms with Gasteiger partial charge in [0, 0.05) is 54.6 Å². The van der Waals surface area contributed by atoms with Crippen LogP contribution in [0.5, 0.6) is 0 Å². The van der Waals surface area contributed by atoms with Crippen LogP contribution in [0.25, 0.3) is 21.2 Å². The van der Waals surface area contributed by atoms with Gasteiger partial charge in [-0.15, -0.1) is 11.3 Å². The lowest BCUT2D eigenvalue weighted by Crippen LogP contribution is -2.61. The monoisotopic (exact) mass is 1010 g/mol. The van der Waals surface area contributed by atoms with Crippen molar-refractivity contribution in [1.29, 1.82) is 0 Å². The Morgan fingerprint density at radius 2 is 1.04 bits per heavy atom. The maximum atomic E-state index is 2.72. The van der Waals surface area contributed by atoms with Gasteiger partial charge >= 0.3 is 0 Å². The SMILES string of the molecule is Cc1ccc2sc3c(c2c1)N(c1ccc(C(C)(C)C)cc1-c1ccccc1)c1cc(N(c2ccccc2)c2ccccc2)cc2c1B3c1cc3c(cc1N2c1ccc2c(c1)C(C)(C)CCC2(C)C)C(C)(C)CCC3(C)C. The van der Waals surface area contributed by atoms with Crippen LogP contribution < -0.4 is 30.4 Å². The Kier molecular flexibility index (Phi) is 11.0. The van der Waals surface area contributed by atoms with E-state index in [1.54, 1.807) is 0 Å². The summed E-state index contributed by atoms with van der Waals surface area (Å²) in [5.74, 6) is 0. The molecule has 0 unspecified atom stereocenters. The second-order valence-corrected chi connectivity index (χ2v) is 27.5. The van der Waals surface area contributed by atoms with Crippen LogP contribution in [0.3, 0.4) is 0 Å². The summed E-state index contributed by atoms with van der Waals surface area (Å²) in [6.07, 6.45) is 4.64. The summed E-state index contributed by atoms with van der Waals surface area (Å²) in [6, 6.07) is 65.7. The van der Waals surface area contributed by atoms with Crippen LogP contribution in [-0.4, -0.2) is 6.71 Å². The topological polar surface area (TPSA) is 9.72 Å². The lowest BCUT2D eigenvalue weighted by molar-refractivity contribution is 0.332. The molecule has 1 aromatic heterocycles. The highest BCUT2D eigenvalue weighted by Crippen LogP contribution is 2.56. The molecule has 4 aliphatic rings. The zero-order valence-electron chi connectivity index (χ0n) is 46.8. The molecule has 76 heavy (non-hydrogen) atoms. The van der Waals surface area contributed by atoms with Crippen LogP contribution in [-0.2, 0) is 27.1 Å². The van der Waals surface area contributed by atoms with E-state index < -0.39 is 0 Å².